The Morgan fingerprint density at radius 1 is 1.33 bits per heavy atom. The first-order valence-corrected chi connectivity index (χ1v) is 6.76. The summed E-state index contributed by atoms with van der Waals surface area (Å²) in [5.41, 5.74) is 2.03. The molecule has 0 fully saturated rings. The molecule has 0 saturated carbocycles. The molecule has 5 heteroatoms. The minimum atomic E-state index is 0. The highest BCUT2D eigenvalue weighted by molar-refractivity contribution is 14.1. The van der Waals surface area contributed by atoms with Gasteiger partial charge < -0.3 is 10.6 Å². The monoisotopic (exact) mass is 378 g/mol. The quantitative estimate of drug-likeness (QED) is 0.626. The molecule has 2 N–H and O–H groups in total. The molecule has 0 spiro atoms. The Morgan fingerprint density at radius 3 is 2.67 bits per heavy atom. The molecule has 0 atom stereocenters. The van der Waals surface area contributed by atoms with Crippen molar-refractivity contribution in [3.63, 3.8) is 0 Å². The second kappa shape index (κ2) is 7.76. The van der Waals surface area contributed by atoms with Gasteiger partial charge in [-0.2, -0.15) is 0 Å². The summed E-state index contributed by atoms with van der Waals surface area (Å²) in [5.74, 6) is 0.000771. The molecule has 1 aromatic rings. The summed E-state index contributed by atoms with van der Waals surface area (Å²) in [5, 5.41) is 6.20. The van der Waals surface area contributed by atoms with Crippen LogP contribution in [0.2, 0.25) is 0 Å². The van der Waals surface area contributed by atoms with Gasteiger partial charge in [-0.15, -0.1) is 12.4 Å². The van der Waals surface area contributed by atoms with Crippen LogP contribution >= 0.6 is 35.0 Å². The summed E-state index contributed by atoms with van der Waals surface area (Å²) in [7, 11) is 0. The molecule has 3 nitrogen and oxygen atoms in total. The maximum absolute atomic E-state index is 11.8. The van der Waals surface area contributed by atoms with E-state index in [0.717, 1.165) is 28.6 Å². The fourth-order valence-corrected chi connectivity index (χ4v) is 2.09. The number of halogens is 2. The molecule has 0 bridgehead atoms. The van der Waals surface area contributed by atoms with Crippen LogP contribution in [-0.2, 0) is 0 Å². The minimum absolute atomic E-state index is 0. The Labute approximate surface area is 127 Å². The normalized spacial score (nSPS) is 14.4. The van der Waals surface area contributed by atoms with Gasteiger partial charge in [-0.1, -0.05) is 11.6 Å². The van der Waals surface area contributed by atoms with Crippen LogP contribution in [0.1, 0.15) is 16.8 Å². The summed E-state index contributed by atoms with van der Waals surface area (Å²) < 4.78 is 1.14. The number of benzene rings is 1. The van der Waals surface area contributed by atoms with Gasteiger partial charge in [-0.25, -0.2) is 0 Å². The van der Waals surface area contributed by atoms with Crippen LogP contribution in [-0.4, -0.2) is 25.5 Å². The number of amides is 1. The van der Waals surface area contributed by atoms with Gasteiger partial charge in [-0.3, -0.25) is 4.79 Å². The van der Waals surface area contributed by atoms with E-state index in [1.807, 2.05) is 24.3 Å². The second-order valence-corrected chi connectivity index (χ2v) is 5.25. The van der Waals surface area contributed by atoms with E-state index >= 15 is 0 Å². The van der Waals surface area contributed by atoms with Crippen molar-refractivity contribution in [2.45, 2.75) is 6.42 Å². The molecular formula is C13H16ClIN2O. The molecule has 0 aliphatic carbocycles. The van der Waals surface area contributed by atoms with E-state index in [2.05, 4.69) is 39.3 Å². The van der Waals surface area contributed by atoms with Gasteiger partial charge in [0.15, 0.2) is 0 Å². The molecule has 1 amide bonds. The third kappa shape index (κ3) is 4.59. The SMILES string of the molecule is Cl.O=C(NCC1=CCNCC1)c1ccc(I)cc1. The highest BCUT2D eigenvalue weighted by atomic mass is 127. The Hall–Kier alpha value is -0.590. The van der Waals surface area contributed by atoms with E-state index < -0.39 is 0 Å². The van der Waals surface area contributed by atoms with Crippen LogP contribution in [0.4, 0.5) is 0 Å². The predicted molar refractivity (Wildman–Crippen MR) is 84.3 cm³/mol. The average molecular weight is 379 g/mol. The van der Waals surface area contributed by atoms with Crippen molar-refractivity contribution < 1.29 is 4.79 Å². The average Bonchev–Trinajstić information content (AvgIpc) is 2.38. The number of rotatable bonds is 3. The van der Waals surface area contributed by atoms with Crippen LogP contribution in [0.15, 0.2) is 35.9 Å². The summed E-state index contributed by atoms with van der Waals surface area (Å²) in [6.07, 6.45) is 3.17. The molecule has 0 aromatic heterocycles. The van der Waals surface area contributed by atoms with Crippen LogP contribution < -0.4 is 10.6 Å². The Bertz CT molecular complexity index is 431. The van der Waals surface area contributed by atoms with Gasteiger partial charge in [-0.05, 0) is 59.8 Å². The van der Waals surface area contributed by atoms with Crippen molar-refractivity contribution in [3.05, 3.63) is 45.0 Å². The topological polar surface area (TPSA) is 41.1 Å². The summed E-state index contributed by atoms with van der Waals surface area (Å²) >= 11 is 2.23. The Morgan fingerprint density at radius 2 is 2.06 bits per heavy atom. The molecule has 18 heavy (non-hydrogen) atoms. The van der Waals surface area contributed by atoms with Crippen molar-refractivity contribution >= 4 is 40.9 Å². The number of nitrogens with one attached hydrogen (secondary N) is 2. The lowest BCUT2D eigenvalue weighted by molar-refractivity contribution is 0.0956. The molecule has 0 saturated heterocycles. The zero-order valence-electron chi connectivity index (χ0n) is 9.91. The van der Waals surface area contributed by atoms with Crippen molar-refractivity contribution in [1.82, 2.24) is 10.6 Å². The maximum atomic E-state index is 11.8. The van der Waals surface area contributed by atoms with Crippen LogP contribution in [0.25, 0.3) is 0 Å². The van der Waals surface area contributed by atoms with Gasteiger partial charge in [0.05, 0.1) is 0 Å². The van der Waals surface area contributed by atoms with Crippen LogP contribution in [0.3, 0.4) is 0 Å². The van der Waals surface area contributed by atoms with E-state index in [9.17, 15) is 4.79 Å². The molecule has 1 aliphatic rings. The zero-order chi connectivity index (χ0) is 12.1. The molecular weight excluding hydrogens is 363 g/mol. The summed E-state index contributed by atoms with van der Waals surface area (Å²) in [6.45, 7) is 2.58. The third-order valence-electron chi connectivity index (χ3n) is 2.74. The summed E-state index contributed by atoms with van der Waals surface area (Å²) in [4.78, 5) is 11.8. The fraction of sp³-hybridized carbons (Fsp3) is 0.308. The van der Waals surface area contributed by atoms with Gasteiger partial charge in [0.25, 0.3) is 5.91 Å². The van der Waals surface area contributed by atoms with Crippen molar-refractivity contribution in [1.29, 1.82) is 0 Å². The standard InChI is InChI=1S/C13H15IN2O.ClH/c14-12-3-1-11(2-4-12)13(17)16-9-10-5-7-15-8-6-10;/h1-5,15H,6-9H2,(H,16,17);1H. The smallest absolute Gasteiger partial charge is 0.251 e. The highest BCUT2D eigenvalue weighted by Gasteiger charge is 2.07. The van der Waals surface area contributed by atoms with Gasteiger partial charge >= 0.3 is 0 Å². The lowest BCUT2D eigenvalue weighted by Gasteiger charge is -2.14. The van der Waals surface area contributed by atoms with E-state index in [1.54, 1.807) is 0 Å². The lowest BCUT2D eigenvalue weighted by Crippen LogP contribution is -2.29. The zero-order valence-corrected chi connectivity index (χ0v) is 12.9. The Kier molecular flexibility index (Phi) is 6.67. The largest absolute Gasteiger partial charge is 0.348 e. The number of carbonyl (C=O) groups is 1. The summed E-state index contributed by atoms with van der Waals surface area (Å²) in [6, 6.07) is 7.60. The lowest BCUT2D eigenvalue weighted by atomic mass is 10.1. The number of hydrogen-bond donors (Lipinski definition) is 2. The van der Waals surface area contributed by atoms with Gasteiger partial charge in [0, 0.05) is 22.2 Å². The number of hydrogen-bond acceptors (Lipinski definition) is 2. The second-order valence-electron chi connectivity index (χ2n) is 4.01. The van der Waals surface area contributed by atoms with Crippen molar-refractivity contribution in [3.8, 4) is 0 Å². The van der Waals surface area contributed by atoms with E-state index in [4.69, 9.17) is 0 Å². The van der Waals surface area contributed by atoms with Crippen LogP contribution in [0, 0.1) is 3.57 Å². The van der Waals surface area contributed by atoms with Gasteiger partial charge in [0.1, 0.15) is 0 Å². The number of carbonyl (C=O) groups excluding carboxylic acids is 1. The molecule has 1 heterocycles. The first-order chi connectivity index (χ1) is 8.25. The van der Waals surface area contributed by atoms with Crippen molar-refractivity contribution in [2.24, 2.45) is 0 Å². The first kappa shape index (κ1) is 15.5. The maximum Gasteiger partial charge on any atom is 0.251 e. The third-order valence-corrected chi connectivity index (χ3v) is 3.46. The molecule has 98 valence electrons. The van der Waals surface area contributed by atoms with E-state index in [-0.39, 0.29) is 18.3 Å². The van der Waals surface area contributed by atoms with Crippen molar-refractivity contribution in [2.75, 3.05) is 19.6 Å². The van der Waals surface area contributed by atoms with E-state index in [0.29, 0.717) is 6.54 Å². The Balaban J connectivity index is 0.00000162. The van der Waals surface area contributed by atoms with Gasteiger partial charge in [0.2, 0.25) is 0 Å². The molecule has 2 rings (SSSR count). The van der Waals surface area contributed by atoms with Crippen LogP contribution in [0.5, 0.6) is 0 Å². The molecule has 0 radical (unpaired) electrons. The molecule has 1 aliphatic heterocycles. The minimum Gasteiger partial charge on any atom is -0.348 e. The fourth-order valence-electron chi connectivity index (χ4n) is 1.73. The molecule has 0 unspecified atom stereocenters. The molecule has 1 aromatic carbocycles. The van der Waals surface area contributed by atoms with E-state index in [1.165, 1.54) is 5.57 Å². The first-order valence-electron chi connectivity index (χ1n) is 5.68. The highest BCUT2D eigenvalue weighted by Crippen LogP contribution is 2.07. The predicted octanol–water partition coefficient (Wildman–Crippen LogP) is 2.36.